The fourth-order valence-electron chi connectivity index (χ4n) is 12.7. The Labute approximate surface area is 822 Å². The number of ether oxygens (including phenoxy) is 7. The molecule has 144 heavy (non-hydrogen) atoms. The van der Waals surface area contributed by atoms with Crippen LogP contribution in [0.15, 0.2) is 275 Å². The van der Waals surface area contributed by atoms with Crippen LogP contribution in [0.1, 0.15) is 172 Å². The standard InChI is InChI=1S/C22H20FN3O4.C22H22N4O4.C21H20N4O3.2C20H17FN4O3/c1-13-3-5-17(26-22(28)14-4-6-20(29-2)19(23)9-14)7-16(13)12-30-18-8-15(21(24)27)10-25-11-18;1-3-29-20-7-5-15(11-25-20)22(28)26-18-6-4-14(2)17(8-18)13-30-19-9-16(21(23)27)10-24-12-19;1-13-3-6-18(25-21(27)15-5-4-14(2)24-10-15)7-17(13)12-28-19-8-16(20(22)26)9-23-11-19;1-12-2-4-16(25-20(27)13-3-5-18(21)24-9-13)6-15(12)11-28-17-7-14(19(22)26)8-23-10-17;1-12-2-3-16(25-20(27)13-4-5-24-18(21)8-13)6-15(12)11-28-17-7-14(19(22)26)9-23-10-17/h3-11H,12H2,1-2H3,(H2,24,27)(H,26,28);4-12H,3,13H2,1-2H3,(H2,23,27)(H,26,28);3-11H,12H2,1-2H3,(H2,22,26)(H,25,27);2*2-10H,11H2,1H3,(H2,22,26)(H,25,27). The minimum atomic E-state index is -0.725. The van der Waals surface area contributed by atoms with Crippen molar-refractivity contribution in [3.63, 3.8) is 0 Å². The highest BCUT2D eigenvalue weighted by molar-refractivity contribution is 6.07. The van der Waals surface area contributed by atoms with Gasteiger partial charge in [0.1, 0.15) is 61.8 Å². The number of benzene rings is 6. The van der Waals surface area contributed by atoms with Gasteiger partial charge in [-0.2, -0.15) is 8.78 Å². The third kappa shape index (κ3) is 31.9. The third-order valence-electron chi connectivity index (χ3n) is 20.9. The number of methoxy groups -OCH3 is 1. The molecule has 0 radical (unpaired) electrons. The lowest BCUT2D eigenvalue weighted by Crippen LogP contribution is -2.13. The first-order chi connectivity index (χ1) is 69.1. The molecule has 0 spiro atoms. The van der Waals surface area contributed by atoms with Gasteiger partial charge >= 0.3 is 0 Å². The monoisotopic (exact) mass is 1950 g/mol. The number of nitrogens with two attached hydrogens (primary N) is 5. The SMILES string of the molecule is CCOc1ccc(C(=O)Nc2ccc(C)c(COc3cncc(C(N)=O)c3)c2)cn1.COc1ccc(C(=O)Nc2ccc(C)c(COc3cncc(C(N)=O)c3)c2)cc1F.Cc1ccc(C(=O)Nc2ccc(C)c(COc3cncc(C(N)=O)c3)c2)cn1.Cc1ccc(NC(=O)c2ccc(F)nc2)cc1COc1cncc(C(N)=O)c1.Cc1ccc(NC(=O)c2ccnc(F)c2)cc1COc1cncc(C(N)=O)c1. The first kappa shape index (κ1) is 105. The van der Waals surface area contributed by atoms with Crippen LogP contribution in [-0.2, 0) is 33.0 Å². The number of carbonyl (C=O) groups is 10. The molecular weight excluding hydrogens is 1860 g/mol. The topological polar surface area (TPSA) is 542 Å². The van der Waals surface area contributed by atoms with Crippen molar-refractivity contribution >= 4 is 87.5 Å². The Hall–Kier alpha value is -19.2. The average molecular weight is 1950 g/mol. The lowest BCUT2D eigenvalue weighted by atomic mass is 10.1. The van der Waals surface area contributed by atoms with E-state index in [9.17, 15) is 61.1 Å². The number of aromatic nitrogens is 9. The number of halogens is 3. The Morgan fingerprint density at radius 3 is 0.833 bits per heavy atom. The molecule has 0 atom stereocenters. The molecule has 0 fully saturated rings. The molecule has 0 aliphatic carbocycles. The van der Waals surface area contributed by atoms with E-state index in [1.807, 2.05) is 103 Å². The first-order valence-corrected chi connectivity index (χ1v) is 43.6. The second-order valence-corrected chi connectivity index (χ2v) is 31.4. The van der Waals surface area contributed by atoms with Crippen LogP contribution >= 0.6 is 0 Å². The number of rotatable bonds is 33. The van der Waals surface area contributed by atoms with Gasteiger partial charge in [0.15, 0.2) is 11.6 Å². The molecule has 734 valence electrons. The van der Waals surface area contributed by atoms with E-state index in [1.54, 1.807) is 72.9 Å². The van der Waals surface area contributed by atoms with Gasteiger partial charge < -0.3 is 88.4 Å². The molecule has 10 amide bonds. The minimum Gasteiger partial charge on any atom is -0.494 e. The van der Waals surface area contributed by atoms with Crippen LogP contribution in [0.2, 0.25) is 0 Å². The zero-order chi connectivity index (χ0) is 103. The number of aryl methyl sites for hydroxylation is 6. The van der Waals surface area contributed by atoms with Gasteiger partial charge in [-0.1, -0.05) is 30.3 Å². The van der Waals surface area contributed by atoms with Crippen molar-refractivity contribution in [2.24, 2.45) is 28.7 Å². The lowest BCUT2D eigenvalue weighted by Gasteiger charge is -2.12. The predicted molar refractivity (Wildman–Crippen MR) is 527 cm³/mol. The molecule has 9 aromatic heterocycles. The van der Waals surface area contributed by atoms with Gasteiger partial charge in [0, 0.05) is 113 Å². The molecule has 0 saturated carbocycles. The van der Waals surface area contributed by atoms with Crippen molar-refractivity contribution in [1.29, 1.82) is 0 Å². The Morgan fingerprint density at radius 2 is 0.569 bits per heavy atom. The van der Waals surface area contributed by atoms with Gasteiger partial charge in [0.05, 0.1) is 89.2 Å². The number of hydrogen-bond donors (Lipinski definition) is 10. The van der Waals surface area contributed by atoms with E-state index in [4.69, 9.17) is 61.8 Å². The maximum absolute atomic E-state index is 13.9. The molecular formula is C105H96F3N19O17. The number of carbonyl (C=O) groups excluding carboxylic acids is 10. The second-order valence-electron chi connectivity index (χ2n) is 31.4. The average Bonchev–Trinajstić information content (AvgIpc) is 0.904. The molecule has 0 saturated heterocycles. The molecule has 9 heterocycles. The lowest BCUT2D eigenvalue weighted by molar-refractivity contribution is 0.0991. The van der Waals surface area contributed by atoms with E-state index >= 15 is 0 Å². The minimum absolute atomic E-state index is 0.0659. The summed E-state index contributed by atoms with van der Waals surface area (Å²) in [5.74, 6) is -4.11. The molecule has 0 aliphatic rings. The number of amides is 10. The summed E-state index contributed by atoms with van der Waals surface area (Å²) in [5, 5.41) is 13.9. The molecule has 0 unspecified atom stereocenters. The summed E-state index contributed by atoms with van der Waals surface area (Å²) in [6.45, 7) is 14.9. The van der Waals surface area contributed by atoms with Crippen LogP contribution in [0.3, 0.4) is 0 Å². The normalized spacial score (nSPS) is 10.4. The molecule has 15 rings (SSSR count). The van der Waals surface area contributed by atoms with E-state index in [-0.39, 0.29) is 95.1 Å². The Kier molecular flexibility index (Phi) is 37.5. The van der Waals surface area contributed by atoms with Gasteiger partial charge in [0.2, 0.25) is 47.3 Å². The molecule has 15 aromatic rings. The summed E-state index contributed by atoms with van der Waals surface area (Å²) in [6.07, 6.45) is 19.7. The number of pyridine rings is 9. The fraction of sp³-hybridized carbons (Fsp3) is 0.133. The second kappa shape index (κ2) is 51.3. The van der Waals surface area contributed by atoms with E-state index in [0.717, 1.165) is 79.5 Å². The van der Waals surface area contributed by atoms with Crippen LogP contribution in [0.5, 0.6) is 40.4 Å². The third-order valence-corrected chi connectivity index (χ3v) is 20.9. The van der Waals surface area contributed by atoms with Gasteiger partial charge in [-0.3, -0.25) is 77.8 Å². The van der Waals surface area contributed by atoms with Crippen molar-refractivity contribution < 1.29 is 94.3 Å². The van der Waals surface area contributed by atoms with Crippen molar-refractivity contribution in [3.8, 4) is 40.4 Å². The van der Waals surface area contributed by atoms with Crippen molar-refractivity contribution in [3.05, 3.63) is 409 Å². The summed E-state index contributed by atoms with van der Waals surface area (Å²) >= 11 is 0. The van der Waals surface area contributed by atoms with Crippen LogP contribution in [0.25, 0.3) is 0 Å². The maximum atomic E-state index is 13.9. The van der Waals surface area contributed by atoms with Gasteiger partial charge in [0.25, 0.3) is 29.5 Å². The highest BCUT2D eigenvalue weighted by Crippen LogP contribution is 2.29. The van der Waals surface area contributed by atoms with Crippen molar-refractivity contribution in [1.82, 2.24) is 44.9 Å². The number of anilines is 5. The van der Waals surface area contributed by atoms with Crippen LogP contribution in [0, 0.1) is 59.3 Å². The molecule has 0 aliphatic heterocycles. The smallest absolute Gasteiger partial charge is 0.257 e. The highest BCUT2D eigenvalue weighted by Gasteiger charge is 2.20. The summed E-state index contributed by atoms with van der Waals surface area (Å²) in [6, 6.07) is 50.6. The van der Waals surface area contributed by atoms with Crippen molar-refractivity contribution in [2.45, 2.75) is 81.5 Å². The van der Waals surface area contributed by atoms with Crippen molar-refractivity contribution in [2.75, 3.05) is 40.3 Å². The van der Waals surface area contributed by atoms with E-state index < -0.39 is 65.0 Å². The fourth-order valence-corrected chi connectivity index (χ4v) is 12.7. The van der Waals surface area contributed by atoms with Gasteiger partial charge in [-0.05, 0) is 250 Å². The van der Waals surface area contributed by atoms with Crippen LogP contribution < -0.4 is 88.4 Å². The Balaban J connectivity index is 0.000000172. The molecule has 6 aromatic carbocycles. The molecule has 0 bridgehead atoms. The number of primary amides is 5. The Morgan fingerprint density at radius 1 is 0.278 bits per heavy atom. The maximum Gasteiger partial charge on any atom is 0.257 e. The van der Waals surface area contributed by atoms with E-state index in [2.05, 4.69) is 71.4 Å². The summed E-state index contributed by atoms with van der Waals surface area (Å²) in [5.41, 5.74) is 41.9. The number of hydrogen-bond acceptors (Lipinski definition) is 26. The summed E-state index contributed by atoms with van der Waals surface area (Å²) in [4.78, 5) is 153. The molecule has 15 N–H and O–H groups in total. The van der Waals surface area contributed by atoms with E-state index in [0.29, 0.717) is 80.8 Å². The predicted octanol–water partition coefficient (Wildman–Crippen LogP) is 15.3. The summed E-state index contributed by atoms with van der Waals surface area (Å²) in [7, 11) is 1.36. The highest BCUT2D eigenvalue weighted by atomic mass is 19.1. The summed E-state index contributed by atoms with van der Waals surface area (Å²) < 4.78 is 78.6. The van der Waals surface area contributed by atoms with Gasteiger partial charge in [-0.25, -0.2) is 19.3 Å². The Bertz CT molecular complexity index is 7030. The van der Waals surface area contributed by atoms with Crippen LogP contribution in [-0.4, -0.2) is 118 Å². The zero-order valence-electron chi connectivity index (χ0n) is 78.7. The molecule has 39 heteroatoms. The van der Waals surface area contributed by atoms with E-state index in [1.165, 1.54) is 136 Å². The number of nitrogens with zero attached hydrogens (tertiary/aromatic N) is 9. The number of nitrogens with one attached hydrogen (secondary N) is 5. The largest absolute Gasteiger partial charge is 0.494 e. The first-order valence-electron chi connectivity index (χ1n) is 43.6. The quantitative estimate of drug-likeness (QED) is 0.0171. The van der Waals surface area contributed by atoms with Gasteiger partial charge in [-0.15, -0.1) is 0 Å². The van der Waals surface area contributed by atoms with Crippen LogP contribution in [0.4, 0.5) is 41.6 Å². The molecule has 36 nitrogen and oxygen atoms in total. The zero-order valence-corrected chi connectivity index (χ0v) is 78.7.